The van der Waals surface area contributed by atoms with Crippen molar-refractivity contribution in [1.29, 1.82) is 0 Å². The number of β-amino-alcohol motifs (C(OH)–C–C–N with tert-alkyl or cyclic N) is 1. The molecule has 1 aromatic rings. The Kier molecular flexibility index (Phi) is 6.86. The topological polar surface area (TPSA) is 53.0 Å². The van der Waals surface area contributed by atoms with Gasteiger partial charge >= 0.3 is 0 Å². The fraction of sp³-hybridized carbons (Fsp3) is 0.650. The molecule has 0 aliphatic carbocycles. The average Bonchev–Trinajstić information content (AvgIpc) is 2.68. The smallest absolute Gasteiger partial charge is 0.225 e. The number of benzene rings is 1. The maximum atomic E-state index is 13.0. The van der Waals surface area contributed by atoms with Gasteiger partial charge in [0.2, 0.25) is 5.91 Å². The Balaban J connectivity index is 1.45. The van der Waals surface area contributed by atoms with E-state index in [1.165, 1.54) is 12.1 Å². The van der Waals surface area contributed by atoms with Gasteiger partial charge in [-0.3, -0.25) is 4.79 Å². The van der Waals surface area contributed by atoms with Crippen molar-refractivity contribution in [2.45, 2.75) is 25.7 Å². The second kappa shape index (κ2) is 9.33. The Morgan fingerprint density at radius 3 is 2.58 bits per heavy atom. The molecule has 0 unspecified atom stereocenters. The van der Waals surface area contributed by atoms with Gasteiger partial charge in [0.25, 0.3) is 0 Å². The first-order chi connectivity index (χ1) is 12.7. The highest BCUT2D eigenvalue weighted by atomic mass is 19.1. The van der Waals surface area contributed by atoms with E-state index in [2.05, 4.69) is 4.90 Å². The van der Waals surface area contributed by atoms with E-state index in [-0.39, 0.29) is 24.2 Å². The van der Waals surface area contributed by atoms with Crippen molar-refractivity contribution < 1.29 is 19.0 Å². The molecule has 2 fully saturated rings. The fourth-order valence-corrected chi connectivity index (χ4v) is 3.95. The van der Waals surface area contributed by atoms with Crippen LogP contribution in [0, 0.1) is 17.7 Å². The molecule has 5 nitrogen and oxygen atoms in total. The summed E-state index contributed by atoms with van der Waals surface area (Å²) >= 11 is 0. The number of hydrogen-bond acceptors (Lipinski definition) is 4. The molecule has 0 aromatic heterocycles. The van der Waals surface area contributed by atoms with Crippen LogP contribution in [0.2, 0.25) is 0 Å². The monoisotopic (exact) mass is 364 g/mol. The van der Waals surface area contributed by atoms with Gasteiger partial charge in [-0.15, -0.1) is 0 Å². The summed E-state index contributed by atoms with van der Waals surface area (Å²) in [5, 5.41) is 9.03. The van der Waals surface area contributed by atoms with Gasteiger partial charge in [0, 0.05) is 31.5 Å². The first-order valence-corrected chi connectivity index (χ1v) is 9.66. The molecule has 1 atom stereocenters. The molecule has 2 heterocycles. The third kappa shape index (κ3) is 5.17. The lowest BCUT2D eigenvalue weighted by atomic mass is 9.92. The Morgan fingerprint density at radius 2 is 1.88 bits per heavy atom. The molecule has 1 aromatic carbocycles. The molecule has 0 spiro atoms. The van der Waals surface area contributed by atoms with Crippen LogP contribution in [0.5, 0.6) is 5.75 Å². The van der Waals surface area contributed by atoms with E-state index in [0.717, 1.165) is 51.9 Å². The van der Waals surface area contributed by atoms with E-state index in [1.54, 1.807) is 12.1 Å². The highest BCUT2D eigenvalue weighted by Crippen LogP contribution is 2.24. The van der Waals surface area contributed by atoms with Crippen molar-refractivity contribution in [3.05, 3.63) is 30.1 Å². The van der Waals surface area contributed by atoms with Crippen LogP contribution in [0.25, 0.3) is 0 Å². The lowest BCUT2D eigenvalue weighted by Gasteiger charge is -2.37. The summed E-state index contributed by atoms with van der Waals surface area (Å²) < 4.78 is 18.7. The summed E-state index contributed by atoms with van der Waals surface area (Å²) in [6, 6.07) is 6.08. The third-order valence-corrected chi connectivity index (χ3v) is 5.48. The molecule has 3 rings (SSSR count). The largest absolute Gasteiger partial charge is 0.493 e. The van der Waals surface area contributed by atoms with Gasteiger partial charge in [0.15, 0.2) is 0 Å². The van der Waals surface area contributed by atoms with Crippen LogP contribution in [0.3, 0.4) is 0 Å². The second-order valence-electron chi connectivity index (χ2n) is 7.40. The van der Waals surface area contributed by atoms with Crippen LogP contribution in [0.1, 0.15) is 25.7 Å². The van der Waals surface area contributed by atoms with Crippen LogP contribution in [-0.2, 0) is 4.79 Å². The molecule has 1 amide bonds. The van der Waals surface area contributed by atoms with Gasteiger partial charge < -0.3 is 19.6 Å². The van der Waals surface area contributed by atoms with Crippen LogP contribution in [0.4, 0.5) is 4.39 Å². The van der Waals surface area contributed by atoms with Gasteiger partial charge in [-0.1, -0.05) is 0 Å². The molecule has 2 aliphatic heterocycles. The zero-order valence-corrected chi connectivity index (χ0v) is 15.3. The zero-order valence-electron chi connectivity index (χ0n) is 15.3. The van der Waals surface area contributed by atoms with Crippen molar-refractivity contribution in [1.82, 2.24) is 9.80 Å². The van der Waals surface area contributed by atoms with Crippen LogP contribution >= 0.6 is 0 Å². The number of rotatable bonds is 6. The van der Waals surface area contributed by atoms with Gasteiger partial charge in [-0.05, 0) is 63.0 Å². The lowest BCUT2D eigenvalue weighted by Crippen LogP contribution is -2.47. The molecule has 2 saturated heterocycles. The van der Waals surface area contributed by atoms with Crippen LogP contribution in [0.15, 0.2) is 24.3 Å². The summed E-state index contributed by atoms with van der Waals surface area (Å²) in [5.74, 6) is 1.12. The predicted octanol–water partition coefficient (Wildman–Crippen LogP) is 2.15. The summed E-state index contributed by atoms with van der Waals surface area (Å²) in [4.78, 5) is 17.1. The minimum absolute atomic E-state index is 0.113. The third-order valence-electron chi connectivity index (χ3n) is 5.48. The minimum atomic E-state index is -0.267. The van der Waals surface area contributed by atoms with Crippen molar-refractivity contribution in [2.24, 2.45) is 11.8 Å². The van der Waals surface area contributed by atoms with Crippen LogP contribution < -0.4 is 4.74 Å². The maximum absolute atomic E-state index is 13.0. The molecule has 26 heavy (non-hydrogen) atoms. The van der Waals surface area contributed by atoms with E-state index in [4.69, 9.17) is 9.84 Å². The number of aliphatic hydroxyl groups is 1. The lowest BCUT2D eigenvalue weighted by molar-refractivity contribution is -0.139. The molecular weight excluding hydrogens is 335 g/mol. The van der Waals surface area contributed by atoms with E-state index in [9.17, 15) is 9.18 Å². The quantitative estimate of drug-likeness (QED) is 0.840. The molecule has 1 N–H and O–H groups in total. The SMILES string of the molecule is O=C(C1CCN(CCO)CC1)N1CCC[C@@H](COc2ccc(F)cc2)C1. The van der Waals surface area contributed by atoms with Crippen molar-refractivity contribution >= 4 is 5.91 Å². The fourth-order valence-electron chi connectivity index (χ4n) is 3.95. The van der Waals surface area contributed by atoms with Gasteiger partial charge in [0.05, 0.1) is 13.2 Å². The zero-order chi connectivity index (χ0) is 18.4. The van der Waals surface area contributed by atoms with E-state index in [1.807, 2.05) is 4.90 Å². The number of hydrogen-bond donors (Lipinski definition) is 1. The Bertz CT molecular complexity index is 573. The molecule has 0 bridgehead atoms. The highest BCUT2D eigenvalue weighted by molar-refractivity contribution is 5.79. The highest BCUT2D eigenvalue weighted by Gasteiger charge is 2.31. The Hall–Kier alpha value is -1.66. The standard InChI is InChI=1S/C20H29FN2O3/c21-18-3-5-19(6-4-18)26-15-16-2-1-9-23(14-16)20(25)17-7-10-22(11-8-17)12-13-24/h3-6,16-17,24H,1-2,7-15H2/t16-/m1/s1. The number of amides is 1. The number of piperidine rings is 2. The number of likely N-dealkylation sites (tertiary alicyclic amines) is 2. The average molecular weight is 364 g/mol. The molecular formula is C20H29FN2O3. The van der Waals surface area contributed by atoms with Crippen LogP contribution in [-0.4, -0.2) is 66.8 Å². The van der Waals surface area contributed by atoms with Gasteiger partial charge in [-0.2, -0.15) is 0 Å². The van der Waals surface area contributed by atoms with Gasteiger partial charge in [-0.25, -0.2) is 4.39 Å². The first kappa shape index (κ1) is 19.1. The Labute approximate surface area is 154 Å². The van der Waals surface area contributed by atoms with E-state index in [0.29, 0.717) is 24.8 Å². The first-order valence-electron chi connectivity index (χ1n) is 9.66. The summed E-state index contributed by atoms with van der Waals surface area (Å²) in [6.07, 6.45) is 3.82. The molecule has 2 aliphatic rings. The van der Waals surface area contributed by atoms with Crippen molar-refractivity contribution in [3.63, 3.8) is 0 Å². The maximum Gasteiger partial charge on any atom is 0.225 e. The van der Waals surface area contributed by atoms with E-state index < -0.39 is 0 Å². The number of carbonyl (C=O) groups is 1. The molecule has 0 radical (unpaired) electrons. The number of nitrogens with zero attached hydrogens (tertiary/aromatic N) is 2. The minimum Gasteiger partial charge on any atom is -0.493 e. The van der Waals surface area contributed by atoms with Crippen molar-refractivity contribution in [2.75, 3.05) is 45.9 Å². The summed E-state index contributed by atoms with van der Waals surface area (Å²) in [6.45, 7) is 4.81. The summed E-state index contributed by atoms with van der Waals surface area (Å²) in [5.41, 5.74) is 0. The number of aliphatic hydroxyl groups excluding tert-OH is 1. The molecule has 6 heteroatoms. The Morgan fingerprint density at radius 1 is 1.15 bits per heavy atom. The molecule has 0 saturated carbocycles. The molecule has 144 valence electrons. The van der Waals surface area contributed by atoms with Gasteiger partial charge in [0.1, 0.15) is 11.6 Å². The number of halogens is 1. The second-order valence-corrected chi connectivity index (χ2v) is 7.40. The summed E-state index contributed by atoms with van der Waals surface area (Å²) in [7, 11) is 0. The van der Waals surface area contributed by atoms with E-state index >= 15 is 0 Å². The predicted molar refractivity (Wildman–Crippen MR) is 97.4 cm³/mol. The normalized spacial score (nSPS) is 22.4. The number of carbonyl (C=O) groups excluding carboxylic acids is 1. The van der Waals surface area contributed by atoms with Crippen molar-refractivity contribution in [3.8, 4) is 5.75 Å². The number of ether oxygens (including phenoxy) is 1.